The molecule has 0 spiro atoms. The number of ether oxygens (including phenoxy) is 1. The minimum atomic E-state index is -0.736. The second-order valence-corrected chi connectivity index (χ2v) is 5.45. The van der Waals surface area contributed by atoms with Gasteiger partial charge >= 0.3 is 6.09 Å². The summed E-state index contributed by atoms with van der Waals surface area (Å²) >= 11 is 0. The van der Waals surface area contributed by atoms with Crippen LogP contribution in [0.1, 0.15) is 38.0 Å². The molecule has 0 fully saturated rings. The first-order valence-corrected chi connectivity index (χ1v) is 6.21. The number of carbonyl (C=O) groups is 1. The number of amides is 1. The molecule has 0 bridgehead atoms. The molecule has 5 nitrogen and oxygen atoms in total. The number of carbonyl (C=O) groups excluding carboxylic acids is 1. The van der Waals surface area contributed by atoms with Crippen LogP contribution in [-0.2, 0) is 4.74 Å². The van der Waals surface area contributed by atoms with E-state index < -0.39 is 17.8 Å². The number of benzene rings is 1. The first kappa shape index (κ1) is 15.5. The average molecular weight is 266 g/mol. The van der Waals surface area contributed by atoms with Crippen molar-refractivity contribution in [1.82, 2.24) is 0 Å². The Kier molecular flexibility index (Phi) is 4.91. The van der Waals surface area contributed by atoms with E-state index in [1.807, 2.05) is 13.0 Å². The van der Waals surface area contributed by atoms with Crippen LogP contribution in [0.3, 0.4) is 0 Å². The van der Waals surface area contributed by atoms with E-state index in [1.165, 1.54) is 0 Å². The molecule has 1 rings (SSSR count). The zero-order valence-corrected chi connectivity index (χ0v) is 11.9. The van der Waals surface area contributed by atoms with Gasteiger partial charge in [-0.2, -0.15) is 0 Å². The van der Waals surface area contributed by atoms with Gasteiger partial charge in [0.1, 0.15) is 5.60 Å². The number of rotatable bonds is 3. The van der Waals surface area contributed by atoms with E-state index >= 15 is 0 Å². The maximum Gasteiger partial charge on any atom is 0.412 e. The SMILES string of the molecule is Cc1ccc(C(O)CN)cc1NC(=O)OC(C)(C)C. The molecule has 4 N–H and O–H groups in total. The highest BCUT2D eigenvalue weighted by molar-refractivity contribution is 5.86. The van der Waals surface area contributed by atoms with Crippen molar-refractivity contribution < 1.29 is 14.6 Å². The maximum atomic E-state index is 11.7. The molecule has 0 aliphatic carbocycles. The topological polar surface area (TPSA) is 84.6 Å². The number of nitrogens with one attached hydrogen (secondary N) is 1. The van der Waals surface area contributed by atoms with Gasteiger partial charge in [0.05, 0.1) is 6.10 Å². The van der Waals surface area contributed by atoms with Crippen molar-refractivity contribution >= 4 is 11.8 Å². The number of hydrogen-bond acceptors (Lipinski definition) is 4. The summed E-state index contributed by atoms with van der Waals surface area (Å²) in [5.41, 5.74) is 7.03. The number of nitrogens with two attached hydrogens (primary N) is 1. The molecule has 0 heterocycles. The standard InChI is InChI=1S/C14H22N2O3/c1-9-5-6-10(12(17)8-15)7-11(9)16-13(18)19-14(2,3)4/h5-7,12,17H,8,15H2,1-4H3,(H,16,18). The molecule has 0 radical (unpaired) electrons. The lowest BCUT2D eigenvalue weighted by atomic mass is 10.1. The van der Waals surface area contributed by atoms with Crippen LogP contribution in [0.5, 0.6) is 0 Å². The molecule has 19 heavy (non-hydrogen) atoms. The van der Waals surface area contributed by atoms with Gasteiger partial charge in [-0.3, -0.25) is 5.32 Å². The largest absolute Gasteiger partial charge is 0.444 e. The van der Waals surface area contributed by atoms with Crippen LogP contribution in [0.2, 0.25) is 0 Å². The number of aliphatic hydroxyl groups is 1. The number of anilines is 1. The molecular formula is C14H22N2O3. The van der Waals surface area contributed by atoms with Gasteiger partial charge in [0.2, 0.25) is 0 Å². The Morgan fingerprint density at radius 3 is 2.63 bits per heavy atom. The summed E-state index contributed by atoms with van der Waals surface area (Å²) in [7, 11) is 0. The summed E-state index contributed by atoms with van der Waals surface area (Å²) in [6.45, 7) is 7.40. The van der Waals surface area contributed by atoms with Crippen LogP contribution in [0.4, 0.5) is 10.5 Å². The highest BCUT2D eigenvalue weighted by Crippen LogP contribution is 2.22. The monoisotopic (exact) mass is 266 g/mol. The van der Waals surface area contributed by atoms with Crippen molar-refractivity contribution in [3.8, 4) is 0 Å². The molecule has 1 aromatic rings. The first-order valence-electron chi connectivity index (χ1n) is 6.21. The van der Waals surface area contributed by atoms with Gasteiger partial charge in [-0.25, -0.2) is 4.79 Å². The third kappa shape index (κ3) is 4.89. The highest BCUT2D eigenvalue weighted by atomic mass is 16.6. The van der Waals surface area contributed by atoms with E-state index in [-0.39, 0.29) is 6.54 Å². The van der Waals surface area contributed by atoms with Crippen LogP contribution >= 0.6 is 0 Å². The molecular weight excluding hydrogens is 244 g/mol. The van der Waals surface area contributed by atoms with Crippen molar-refractivity contribution in [2.45, 2.75) is 39.4 Å². The second-order valence-electron chi connectivity index (χ2n) is 5.45. The molecule has 1 unspecified atom stereocenters. The summed E-state index contributed by atoms with van der Waals surface area (Å²) in [6, 6.07) is 5.31. The number of aryl methyl sites for hydroxylation is 1. The van der Waals surface area contributed by atoms with E-state index in [2.05, 4.69) is 5.32 Å². The lowest BCUT2D eigenvalue weighted by Gasteiger charge is -2.20. The van der Waals surface area contributed by atoms with Gasteiger partial charge < -0.3 is 15.6 Å². The van der Waals surface area contributed by atoms with Gasteiger partial charge in [0, 0.05) is 12.2 Å². The molecule has 5 heteroatoms. The van der Waals surface area contributed by atoms with Gasteiger partial charge in [-0.15, -0.1) is 0 Å². The summed E-state index contributed by atoms with van der Waals surface area (Å²) in [5.74, 6) is 0. The summed E-state index contributed by atoms with van der Waals surface area (Å²) in [4.78, 5) is 11.7. The predicted molar refractivity (Wildman–Crippen MR) is 75.0 cm³/mol. The Bertz CT molecular complexity index is 452. The second kappa shape index (κ2) is 6.04. The zero-order chi connectivity index (χ0) is 14.6. The van der Waals surface area contributed by atoms with Crippen molar-refractivity contribution in [3.05, 3.63) is 29.3 Å². The normalized spacial score (nSPS) is 12.9. The lowest BCUT2D eigenvalue weighted by molar-refractivity contribution is 0.0635. The smallest absolute Gasteiger partial charge is 0.412 e. The van der Waals surface area contributed by atoms with E-state index in [4.69, 9.17) is 10.5 Å². The van der Waals surface area contributed by atoms with Crippen LogP contribution in [0.15, 0.2) is 18.2 Å². The molecule has 0 aliphatic rings. The fourth-order valence-electron chi connectivity index (χ4n) is 1.53. The molecule has 0 aliphatic heterocycles. The van der Waals surface area contributed by atoms with Crippen molar-refractivity contribution in [1.29, 1.82) is 0 Å². The quantitative estimate of drug-likeness (QED) is 0.784. The average Bonchev–Trinajstić information content (AvgIpc) is 2.28. The number of hydrogen-bond donors (Lipinski definition) is 3. The lowest BCUT2D eigenvalue weighted by Crippen LogP contribution is -2.27. The van der Waals surface area contributed by atoms with Crippen LogP contribution in [0.25, 0.3) is 0 Å². The summed E-state index contributed by atoms with van der Waals surface area (Å²) in [6.07, 6.45) is -1.25. The zero-order valence-electron chi connectivity index (χ0n) is 11.9. The third-order valence-corrected chi connectivity index (χ3v) is 2.51. The molecule has 1 aromatic carbocycles. The maximum absolute atomic E-state index is 11.7. The van der Waals surface area contributed by atoms with Crippen LogP contribution < -0.4 is 11.1 Å². The van der Waals surface area contributed by atoms with E-state index in [9.17, 15) is 9.90 Å². The molecule has 0 aromatic heterocycles. The van der Waals surface area contributed by atoms with Crippen molar-refractivity contribution in [2.24, 2.45) is 5.73 Å². The minimum absolute atomic E-state index is 0.134. The third-order valence-electron chi connectivity index (χ3n) is 2.51. The fraction of sp³-hybridized carbons (Fsp3) is 0.500. The van der Waals surface area contributed by atoms with Crippen LogP contribution in [0, 0.1) is 6.92 Å². The van der Waals surface area contributed by atoms with E-state index in [0.717, 1.165) is 5.56 Å². The van der Waals surface area contributed by atoms with Gasteiger partial charge in [0.15, 0.2) is 0 Å². The van der Waals surface area contributed by atoms with Crippen molar-refractivity contribution in [2.75, 3.05) is 11.9 Å². The first-order chi connectivity index (χ1) is 8.73. The van der Waals surface area contributed by atoms with Gasteiger partial charge in [0.25, 0.3) is 0 Å². The Morgan fingerprint density at radius 2 is 2.11 bits per heavy atom. The summed E-state index contributed by atoms with van der Waals surface area (Å²) in [5, 5.41) is 12.4. The molecule has 1 amide bonds. The van der Waals surface area contributed by atoms with Gasteiger partial charge in [-0.1, -0.05) is 12.1 Å². The Hall–Kier alpha value is -1.59. The van der Waals surface area contributed by atoms with Crippen LogP contribution in [-0.4, -0.2) is 23.3 Å². The minimum Gasteiger partial charge on any atom is -0.444 e. The van der Waals surface area contributed by atoms with E-state index in [0.29, 0.717) is 11.3 Å². The Morgan fingerprint density at radius 1 is 1.47 bits per heavy atom. The Balaban J connectivity index is 2.85. The van der Waals surface area contributed by atoms with Crippen molar-refractivity contribution in [3.63, 3.8) is 0 Å². The Labute approximate surface area is 113 Å². The molecule has 106 valence electrons. The number of aliphatic hydroxyl groups excluding tert-OH is 1. The molecule has 0 saturated carbocycles. The van der Waals surface area contributed by atoms with Gasteiger partial charge in [-0.05, 0) is 44.9 Å². The predicted octanol–water partition coefficient (Wildman–Crippen LogP) is 2.33. The molecule has 0 saturated heterocycles. The summed E-state index contributed by atoms with van der Waals surface area (Å²) < 4.78 is 5.19. The highest BCUT2D eigenvalue weighted by Gasteiger charge is 2.17. The molecule has 1 atom stereocenters. The fourth-order valence-corrected chi connectivity index (χ4v) is 1.53. The van der Waals surface area contributed by atoms with E-state index in [1.54, 1.807) is 32.9 Å².